The lowest BCUT2D eigenvalue weighted by Crippen LogP contribution is -2.36. The summed E-state index contributed by atoms with van der Waals surface area (Å²) in [5.41, 5.74) is 0.513. The molecule has 2 aromatic heterocycles. The van der Waals surface area contributed by atoms with Crippen LogP contribution < -0.4 is 14.6 Å². The molecule has 0 aliphatic carbocycles. The second-order valence-corrected chi connectivity index (χ2v) is 9.62. The van der Waals surface area contributed by atoms with Crippen LogP contribution in [0.25, 0.3) is 0 Å². The van der Waals surface area contributed by atoms with E-state index in [-0.39, 0.29) is 23.6 Å². The number of nitrogens with zero attached hydrogens (tertiary/aromatic N) is 4. The number of hydrogen-bond donors (Lipinski definition) is 1. The second-order valence-electron chi connectivity index (χ2n) is 7.62. The highest BCUT2D eigenvalue weighted by Gasteiger charge is 2.30. The van der Waals surface area contributed by atoms with Gasteiger partial charge < -0.3 is 14.6 Å². The molecule has 0 aliphatic heterocycles. The normalized spacial score (nSPS) is 15.3. The molecule has 3 atom stereocenters. The average Bonchev–Trinajstić information content (AvgIpc) is 3.13. The summed E-state index contributed by atoms with van der Waals surface area (Å²) in [5.74, 6) is -1.42. The molecule has 0 saturated heterocycles. The molecule has 0 aromatic carbocycles. The van der Waals surface area contributed by atoms with Crippen LogP contribution in [0.4, 0.5) is 13.2 Å². The maximum atomic E-state index is 12.7. The van der Waals surface area contributed by atoms with Crippen molar-refractivity contribution in [3.8, 4) is 5.75 Å². The number of halogens is 3. The molecule has 0 spiro atoms. The Bertz CT molecular complexity index is 912. The first kappa shape index (κ1) is 24.7. The van der Waals surface area contributed by atoms with E-state index in [4.69, 9.17) is 0 Å². The molecule has 0 radical (unpaired) electrons. The Morgan fingerprint density at radius 1 is 1.29 bits per heavy atom. The summed E-state index contributed by atoms with van der Waals surface area (Å²) in [7, 11) is -1.58. The van der Waals surface area contributed by atoms with E-state index in [2.05, 4.69) is 24.8 Å². The van der Waals surface area contributed by atoms with Crippen molar-refractivity contribution in [2.75, 3.05) is 6.61 Å². The Morgan fingerprint density at radius 3 is 2.45 bits per heavy atom. The number of nitrogens with one attached hydrogen (secondary N) is 1. The number of carbonyl (C=O) groups excluding carboxylic acids is 1. The molecule has 0 aliphatic rings. The highest BCUT2D eigenvalue weighted by molar-refractivity contribution is 7.84. The Balaban J connectivity index is 2.35. The van der Waals surface area contributed by atoms with Crippen molar-refractivity contribution >= 4 is 17.0 Å². The molecule has 13 heteroatoms. The van der Waals surface area contributed by atoms with E-state index in [1.807, 2.05) is 0 Å². The fourth-order valence-corrected chi connectivity index (χ4v) is 3.21. The number of alkyl halides is 3. The molecule has 9 nitrogen and oxygen atoms in total. The first-order valence-corrected chi connectivity index (χ1v) is 10.4. The zero-order chi connectivity index (χ0) is 23.4. The molecule has 2 aromatic rings. The van der Waals surface area contributed by atoms with Crippen molar-refractivity contribution < 1.29 is 32.0 Å². The standard InChI is InChI=1S/C18H24F3N5O4S/c1-5-14(16(27)28)26-9-13(23-25-26)15(24-31(29)17(2,3)4)12-7-6-11(8-22-12)30-10-18(19,20)21/h6-9,14-15,24H,5,10H2,1-4H3,(H,27,28)/p-1/t14?,15-,31?/m1/s1. The minimum atomic E-state index is -4.49. The smallest absolute Gasteiger partial charge is 0.422 e. The molecule has 2 heterocycles. The molecule has 172 valence electrons. The lowest BCUT2D eigenvalue weighted by molar-refractivity contribution is -0.310. The molecule has 2 unspecified atom stereocenters. The van der Waals surface area contributed by atoms with Gasteiger partial charge in [0.15, 0.2) is 6.61 Å². The number of carboxylic acid groups (broad SMARTS) is 1. The van der Waals surface area contributed by atoms with Crippen molar-refractivity contribution in [3.05, 3.63) is 35.9 Å². The summed E-state index contributed by atoms with van der Waals surface area (Å²) in [6.07, 6.45) is -1.80. The number of pyridine rings is 1. The lowest BCUT2D eigenvalue weighted by Gasteiger charge is -2.23. The largest absolute Gasteiger partial charge is 0.548 e. The van der Waals surface area contributed by atoms with Crippen LogP contribution in [0.1, 0.15) is 57.6 Å². The van der Waals surface area contributed by atoms with Crippen LogP contribution in [-0.4, -0.2) is 47.7 Å². The maximum Gasteiger partial charge on any atom is 0.422 e. The topological polar surface area (TPSA) is 122 Å². The third-order valence-electron chi connectivity index (χ3n) is 4.04. The fourth-order valence-electron chi connectivity index (χ4n) is 2.41. The van der Waals surface area contributed by atoms with Crippen molar-refractivity contribution in [1.82, 2.24) is 24.7 Å². The summed E-state index contributed by atoms with van der Waals surface area (Å²) in [6, 6.07) is 0.785. The van der Waals surface area contributed by atoms with E-state index >= 15 is 0 Å². The third-order valence-corrected chi connectivity index (χ3v) is 5.60. The quantitative estimate of drug-likeness (QED) is 0.599. The molecule has 1 N–H and O–H groups in total. The summed E-state index contributed by atoms with van der Waals surface area (Å²) >= 11 is 0. The first-order chi connectivity index (χ1) is 14.3. The fraction of sp³-hybridized carbons (Fsp3) is 0.556. The number of hydrogen-bond acceptors (Lipinski definition) is 7. The van der Waals surface area contributed by atoms with Gasteiger partial charge in [0.05, 0.1) is 45.8 Å². The van der Waals surface area contributed by atoms with E-state index in [0.717, 1.165) is 10.9 Å². The van der Waals surface area contributed by atoms with Gasteiger partial charge in [-0.2, -0.15) is 13.2 Å². The van der Waals surface area contributed by atoms with Crippen LogP contribution in [0.5, 0.6) is 5.75 Å². The van der Waals surface area contributed by atoms with Crippen molar-refractivity contribution in [1.29, 1.82) is 0 Å². The Hall–Kier alpha value is -2.54. The lowest BCUT2D eigenvalue weighted by atomic mass is 10.1. The third kappa shape index (κ3) is 6.99. The van der Waals surface area contributed by atoms with Gasteiger partial charge in [0.25, 0.3) is 0 Å². The van der Waals surface area contributed by atoms with E-state index in [9.17, 15) is 27.3 Å². The predicted molar refractivity (Wildman–Crippen MR) is 103 cm³/mol. The van der Waals surface area contributed by atoms with Gasteiger partial charge in [0.1, 0.15) is 17.5 Å². The van der Waals surface area contributed by atoms with Crippen LogP contribution in [0, 0.1) is 0 Å². The molecular weight excluding hydrogens is 439 g/mol. The van der Waals surface area contributed by atoms with Gasteiger partial charge in [-0.3, -0.25) is 4.98 Å². The minimum Gasteiger partial charge on any atom is -0.548 e. The van der Waals surface area contributed by atoms with Gasteiger partial charge >= 0.3 is 6.18 Å². The molecule has 0 amide bonds. The number of aromatic nitrogens is 4. The Labute approximate surface area is 179 Å². The summed E-state index contributed by atoms with van der Waals surface area (Å²) in [4.78, 5) is 15.4. The van der Waals surface area contributed by atoms with Crippen molar-refractivity contribution in [2.45, 2.75) is 57.1 Å². The van der Waals surface area contributed by atoms with Gasteiger partial charge in [-0.25, -0.2) is 13.6 Å². The molecule has 0 saturated carbocycles. The SMILES string of the molecule is CCC(C(=O)[O-])n1cc([C@H](NS(=O)C(C)(C)C)c2ccc(OCC(F)(F)F)cn2)nn1. The van der Waals surface area contributed by atoms with Gasteiger partial charge in [-0.15, -0.1) is 5.10 Å². The Morgan fingerprint density at radius 2 is 1.97 bits per heavy atom. The Kier molecular flexibility index (Phi) is 7.76. The molecular formula is C18H23F3N5O4S-. The van der Waals surface area contributed by atoms with Gasteiger partial charge in [0.2, 0.25) is 0 Å². The van der Waals surface area contributed by atoms with Gasteiger partial charge in [0, 0.05) is 0 Å². The number of carboxylic acids is 1. The van der Waals surface area contributed by atoms with Crippen molar-refractivity contribution in [3.63, 3.8) is 0 Å². The van der Waals surface area contributed by atoms with Gasteiger partial charge in [-0.05, 0) is 39.3 Å². The zero-order valence-electron chi connectivity index (χ0n) is 17.3. The van der Waals surface area contributed by atoms with E-state index in [1.165, 1.54) is 18.3 Å². The average molecular weight is 462 g/mol. The molecule has 2 rings (SSSR count). The highest BCUT2D eigenvalue weighted by Crippen LogP contribution is 2.25. The predicted octanol–water partition coefficient (Wildman–Crippen LogP) is 1.46. The van der Waals surface area contributed by atoms with Gasteiger partial charge in [-0.1, -0.05) is 12.1 Å². The second kappa shape index (κ2) is 9.73. The monoisotopic (exact) mass is 462 g/mol. The van der Waals surface area contributed by atoms with Crippen LogP contribution in [0.3, 0.4) is 0 Å². The number of carbonyl (C=O) groups is 1. The maximum absolute atomic E-state index is 12.7. The summed E-state index contributed by atoms with van der Waals surface area (Å²) in [6.45, 7) is 5.42. The molecule has 31 heavy (non-hydrogen) atoms. The number of ether oxygens (including phenoxy) is 1. The zero-order valence-corrected chi connectivity index (χ0v) is 18.2. The highest BCUT2D eigenvalue weighted by atomic mass is 32.2. The number of rotatable bonds is 9. The summed E-state index contributed by atoms with van der Waals surface area (Å²) < 4.78 is 57.6. The van der Waals surface area contributed by atoms with Crippen LogP contribution in [-0.2, 0) is 15.8 Å². The first-order valence-electron chi connectivity index (χ1n) is 9.28. The van der Waals surface area contributed by atoms with Crippen LogP contribution >= 0.6 is 0 Å². The molecule has 0 fully saturated rings. The minimum absolute atomic E-state index is 0.0941. The molecule has 0 bridgehead atoms. The van der Waals surface area contributed by atoms with E-state index < -0.39 is 46.6 Å². The van der Waals surface area contributed by atoms with E-state index in [1.54, 1.807) is 27.7 Å². The summed E-state index contributed by atoms with van der Waals surface area (Å²) in [5, 5.41) is 19.1. The van der Waals surface area contributed by atoms with Crippen LogP contribution in [0.15, 0.2) is 24.5 Å². The van der Waals surface area contributed by atoms with Crippen LogP contribution in [0.2, 0.25) is 0 Å². The van der Waals surface area contributed by atoms with Crippen molar-refractivity contribution in [2.24, 2.45) is 0 Å². The number of aliphatic carboxylic acids is 1. The van der Waals surface area contributed by atoms with E-state index in [0.29, 0.717) is 0 Å².